The first-order chi connectivity index (χ1) is 7.11. The minimum absolute atomic E-state index is 0.173. The fourth-order valence-electron chi connectivity index (χ4n) is 1.36. The molecule has 0 fully saturated rings. The standard InChI is InChI=1S/C11H12F2O2/c1-3-9(14)11(15-2)10-7(12)5-4-6-8(10)13/h4-6,11H,3H2,1-2H3. The molecule has 82 valence electrons. The lowest BCUT2D eigenvalue weighted by Crippen LogP contribution is -2.16. The van der Waals surface area contributed by atoms with E-state index in [1.54, 1.807) is 6.92 Å². The van der Waals surface area contributed by atoms with Crippen LogP contribution in [0.5, 0.6) is 0 Å². The zero-order chi connectivity index (χ0) is 11.4. The van der Waals surface area contributed by atoms with Crippen molar-refractivity contribution in [3.63, 3.8) is 0 Å². The summed E-state index contributed by atoms with van der Waals surface area (Å²) in [6.45, 7) is 1.62. The van der Waals surface area contributed by atoms with Crippen LogP contribution in [0.2, 0.25) is 0 Å². The van der Waals surface area contributed by atoms with Crippen LogP contribution < -0.4 is 0 Å². The van der Waals surface area contributed by atoms with Gasteiger partial charge in [-0.25, -0.2) is 8.78 Å². The molecule has 0 spiro atoms. The highest BCUT2D eigenvalue weighted by Crippen LogP contribution is 2.24. The van der Waals surface area contributed by atoms with Crippen LogP contribution in [0, 0.1) is 11.6 Å². The van der Waals surface area contributed by atoms with Gasteiger partial charge in [-0.3, -0.25) is 4.79 Å². The number of ketones is 1. The number of rotatable bonds is 4. The second-order valence-corrected chi connectivity index (χ2v) is 3.07. The van der Waals surface area contributed by atoms with Crippen LogP contribution in [0.15, 0.2) is 18.2 Å². The molecular formula is C11H12F2O2. The largest absolute Gasteiger partial charge is 0.369 e. The van der Waals surface area contributed by atoms with Crippen molar-refractivity contribution in [2.24, 2.45) is 0 Å². The van der Waals surface area contributed by atoms with Crippen LogP contribution in [0.25, 0.3) is 0 Å². The van der Waals surface area contributed by atoms with E-state index >= 15 is 0 Å². The topological polar surface area (TPSA) is 26.3 Å². The third-order valence-electron chi connectivity index (χ3n) is 2.14. The van der Waals surface area contributed by atoms with Gasteiger partial charge in [0.05, 0.1) is 5.56 Å². The van der Waals surface area contributed by atoms with Crippen molar-refractivity contribution in [3.8, 4) is 0 Å². The Morgan fingerprint density at radius 2 is 1.93 bits per heavy atom. The van der Waals surface area contributed by atoms with Crippen molar-refractivity contribution in [2.45, 2.75) is 19.4 Å². The van der Waals surface area contributed by atoms with E-state index in [0.29, 0.717) is 0 Å². The number of halogens is 2. The smallest absolute Gasteiger partial charge is 0.166 e. The fourth-order valence-corrected chi connectivity index (χ4v) is 1.36. The average molecular weight is 214 g/mol. The first-order valence-corrected chi connectivity index (χ1v) is 4.61. The van der Waals surface area contributed by atoms with Crippen LogP contribution >= 0.6 is 0 Å². The Labute approximate surface area is 86.9 Å². The van der Waals surface area contributed by atoms with Gasteiger partial charge in [-0.15, -0.1) is 0 Å². The highest BCUT2D eigenvalue weighted by Gasteiger charge is 2.25. The number of hydrogen-bond acceptors (Lipinski definition) is 2. The molecule has 2 nitrogen and oxygen atoms in total. The lowest BCUT2D eigenvalue weighted by Gasteiger charge is -2.14. The van der Waals surface area contributed by atoms with Crippen molar-refractivity contribution in [1.82, 2.24) is 0 Å². The average Bonchev–Trinajstić information content (AvgIpc) is 2.22. The number of Topliss-reactive ketones (excluding diaryl/α,β-unsaturated/α-hetero) is 1. The third-order valence-corrected chi connectivity index (χ3v) is 2.14. The van der Waals surface area contributed by atoms with Crippen molar-refractivity contribution < 1.29 is 18.3 Å². The molecule has 15 heavy (non-hydrogen) atoms. The summed E-state index contributed by atoms with van der Waals surface area (Å²) < 4.78 is 31.4. The van der Waals surface area contributed by atoms with Gasteiger partial charge in [0.25, 0.3) is 0 Å². The summed E-state index contributed by atoms with van der Waals surface area (Å²) in [7, 11) is 1.25. The highest BCUT2D eigenvalue weighted by atomic mass is 19.1. The van der Waals surface area contributed by atoms with E-state index in [4.69, 9.17) is 4.74 Å². The number of carbonyl (C=O) groups excluding carboxylic acids is 1. The summed E-state index contributed by atoms with van der Waals surface area (Å²) in [6.07, 6.45) is -0.983. The van der Waals surface area contributed by atoms with E-state index < -0.39 is 17.7 Å². The van der Waals surface area contributed by atoms with Crippen LogP contribution in [0.4, 0.5) is 8.78 Å². The van der Waals surface area contributed by atoms with Gasteiger partial charge in [-0.05, 0) is 12.1 Å². The maximum absolute atomic E-state index is 13.3. The molecule has 0 aliphatic rings. The van der Waals surface area contributed by atoms with E-state index in [1.807, 2.05) is 0 Å². The molecule has 1 aromatic carbocycles. The molecule has 1 aromatic rings. The van der Waals surface area contributed by atoms with Gasteiger partial charge in [0.1, 0.15) is 17.7 Å². The Kier molecular flexibility index (Phi) is 3.91. The second kappa shape index (κ2) is 4.98. The van der Waals surface area contributed by atoms with E-state index in [1.165, 1.54) is 13.2 Å². The molecule has 0 bridgehead atoms. The molecule has 0 heterocycles. The Balaban J connectivity index is 3.17. The summed E-state index contributed by atoms with van der Waals surface area (Å²) in [5.41, 5.74) is -0.313. The Hall–Kier alpha value is -1.29. The zero-order valence-corrected chi connectivity index (χ0v) is 8.59. The van der Waals surface area contributed by atoms with Crippen LogP contribution in [0.1, 0.15) is 25.0 Å². The first kappa shape index (κ1) is 11.8. The van der Waals surface area contributed by atoms with Crippen molar-refractivity contribution in [2.75, 3.05) is 7.11 Å². The molecule has 0 amide bonds. The van der Waals surface area contributed by atoms with Gasteiger partial charge in [0.2, 0.25) is 0 Å². The van der Waals surface area contributed by atoms with Crippen LogP contribution in [-0.2, 0) is 9.53 Å². The maximum Gasteiger partial charge on any atom is 0.166 e. The maximum atomic E-state index is 13.3. The number of hydrogen-bond donors (Lipinski definition) is 0. The normalized spacial score (nSPS) is 12.5. The van der Waals surface area contributed by atoms with Gasteiger partial charge in [-0.2, -0.15) is 0 Å². The summed E-state index contributed by atoms with van der Waals surface area (Å²) in [5, 5.41) is 0. The minimum atomic E-state index is -1.16. The molecule has 4 heteroatoms. The van der Waals surface area contributed by atoms with E-state index in [-0.39, 0.29) is 17.8 Å². The Morgan fingerprint density at radius 3 is 2.33 bits per heavy atom. The Bertz CT molecular complexity index is 343. The van der Waals surface area contributed by atoms with Gasteiger partial charge in [0, 0.05) is 13.5 Å². The number of ether oxygens (including phenoxy) is 1. The third kappa shape index (κ3) is 2.39. The molecule has 0 aliphatic carbocycles. The summed E-state index contributed by atoms with van der Waals surface area (Å²) in [6, 6.07) is 3.46. The lowest BCUT2D eigenvalue weighted by atomic mass is 10.0. The molecule has 0 saturated carbocycles. The molecule has 0 aliphatic heterocycles. The summed E-state index contributed by atoms with van der Waals surface area (Å²) in [4.78, 5) is 11.4. The quantitative estimate of drug-likeness (QED) is 0.770. The lowest BCUT2D eigenvalue weighted by molar-refractivity contribution is -0.129. The first-order valence-electron chi connectivity index (χ1n) is 4.61. The molecule has 0 saturated heterocycles. The number of methoxy groups -OCH3 is 1. The molecule has 0 radical (unpaired) electrons. The van der Waals surface area contributed by atoms with Crippen LogP contribution in [0.3, 0.4) is 0 Å². The van der Waals surface area contributed by atoms with E-state index in [9.17, 15) is 13.6 Å². The van der Waals surface area contributed by atoms with Crippen molar-refractivity contribution in [1.29, 1.82) is 0 Å². The minimum Gasteiger partial charge on any atom is -0.369 e. The predicted octanol–water partition coefficient (Wildman–Crippen LogP) is 2.63. The van der Waals surface area contributed by atoms with Gasteiger partial charge in [-0.1, -0.05) is 13.0 Å². The second-order valence-electron chi connectivity index (χ2n) is 3.07. The zero-order valence-electron chi connectivity index (χ0n) is 8.59. The highest BCUT2D eigenvalue weighted by molar-refractivity contribution is 5.84. The molecule has 1 unspecified atom stereocenters. The predicted molar refractivity (Wildman–Crippen MR) is 51.4 cm³/mol. The van der Waals surface area contributed by atoms with Crippen molar-refractivity contribution >= 4 is 5.78 Å². The fraction of sp³-hybridized carbons (Fsp3) is 0.364. The summed E-state index contributed by atoms with van der Waals surface area (Å²) >= 11 is 0. The molecule has 0 aromatic heterocycles. The van der Waals surface area contributed by atoms with Crippen LogP contribution in [-0.4, -0.2) is 12.9 Å². The number of carbonyl (C=O) groups is 1. The van der Waals surface area contributed by atoms with Gasteiger partial charge < -0.3 is 4.74 Å². The van der Waals surface area contributed by atoms with Gasteiger partial charge in [0.15, 0.2) is 5.78 Å². The molecule has 1 atom stereocenters. The molecule has 1 rings (SSSR count). The Morgan fingerprint density at radius 1 is 1.40 bits per heavy atom. The SMILES string of the molecule is CCC(=O)C(OC)c1c(F)cccc1F. The molecular weight excluding hydrogens is 202 g/mol. The van der Waals surface area contributed by atoms with E-state index in [2.05, 4.69) is 0 Å². The van der Waals surface area contributed by atoms with Gasteiger partial charge >= 0.3 is 0 Å². The summed E-state index contributed by atoms with van der Waals surface area (Å²) in [5.74, 6) is -1.87. The monoisotopic (exact) mass is 214 g/mol. The van der Waals surface area contributed by atoms with E-state index in [0.717, 1.165) is 12.1 Å². The van der Waals surface area contributed by atoms with Crippen molar-refractivity contribution in [3.05, 3.63) is 35.4 Å². The molecule has 0 N–H and O–H groups in total. The number of benzene rings is 1.